The molecule has 0 aromatic rings. The minimum Gasteiger partial charge on any atom is -0.456 e. The van der Waals surface area contributed by atoms with E-state index in [4.69, 9.17) is 4.43 Å². The SMILES string of the molecule is CCOC(=O)C#C[C@H](O)[C@@H](C)O[Si](C)(C)C(C)(C)C. The zero-order valence-electron chi connectivity index (χ0n) is 13.0. The van der Waals surface area contributed by atoms with E-state index < -0.39 is 26.5 Å². The molecule has 0 unspecified atom stereocenters. The summed E-state index contributed by atoms with van der Waals surface area (Å²) in [6, 6.07) is 0. The van der Waals surface area contributed by atoms with Gasteiger partial charge in [-0.15, -0.1) is 0 Å². The Balaban J connectivity index is 4.59. The van der Waals surface area contributed by atoms with Crippen LogP contribution in [0.1, 0.15) is 34.6 Å². The van der Waals surface area contributed by atoms with Gasteiger partial charge in [-0.05, 0) is 32.0 Å². The van der Waals surface area contributed by atoms with Crippen LogP contribution in [0.2, 0.25) is 18.1 Å². The van der Waals surface area contributed by atoms with E-state index >= 15 is 0 Å². The molecule has 5 heteroatoms. The van der Waals surface area contributed by atoms with Gasteiger partial charge in [0.1, 0.15) is 6.10 Å². The van der Waals surface area contributed by atoms with Crippen molar-refractivity contribution in [2.75, 3.05) is 6.61 Å². The summed E-state index contributed by atoms with van der Waals surface area (Å²) in [5, 5.41) is 9.94. The van der Waals surface area contributed by atoms with Crippen LogP contribution in [0.4, 0.5) is 0 Å². The van der Waals surface area contributed by atoms with Gasteiger partial charge in [0.2, 0.25) is 0 Å². The van der Waals surface area contributed by atoms with Gasteiger partial charge < -0.3 is 14.3 Å². The molecule has 0 rings (SSSR count). The topological polar surface area (TPSA) is 55.8 Å². The molecule has 2 atom stereocenters. The van der Waals surface area contributed by atoms with E-state index in [1.54, 1.807) is 13.8 Å². The number of esters is 1. The Hall–Kier alpha value is -0.833. The maximum atomic E-state index is 11.1. The van der Waals surface area contributed by atoms with Crippen LogP contribution < -0.4 is 0 Å². The van der Waals surface area contributed by atoms with Gasteiger partial charge in [0.15, 0.2) is 8.32 Å². The Morgan fingerprint density at radius 2 is 1.89 bits per heavy atom. The second-order valence-electron chi connectivity index (χ2n) is 6.02. The van der Waals surface area contributed by atoms with Gasteiger partial charge in [0.05, 0.1) is 12.7 Å². The Kier molecular flexibility index (Phi) is 6.77. The van der Waals surface area contributed by atoms with Gasteiger partial charge in [-0.3, -0.25) is 0 Å². The highest BCUT2D eigenvalue weighted by Gasteiger charge is 2.39. The molecule has 0 aromatic carbocycles. The zero-order valence-corrected chi connectivity index (χ0v) is 14.0. The summed E-state index contributed by atoms with van der Waals surface area (Å²) in [7, 11) is -1.95. The maximum Gasteiger partial charge on any atom is 0.384 e. The number of ether oxygens (including phenoxy) is 1. The maximum absolute atomic E-state index is 11.1. The highest BCUT2D eigenvalue weighted by molar-refractivity contribution is 6.74. The molecule has 19 heavy (non-hydrogen) atoms. The lowest BCUT2D eigenvalue weighted by molar-refractivity contribution is -0.136. The Morgan fingerprint density at radius 1 is 1.37 bits per heavy atom. The molecule has 0 radical (unpaired) electrons. The minimum absolute atomic E-state index is 0.0650. The number of carbonyl (C=O) groups excluding carboxylic acids is 1. The molecule has 1 N–H and O–H groups in total. The summed E-state index contributed by atoms with van der Waals surface area (Å²) in [5.41, 5.74) is 0. The highest BCUT2D eigenvalue weighted by Crippen LogP contribution is 2.37. The van der Waals surface area contributed by atoms with E-state index in [9.17, 15) is 9.90 Å². The van der Waals surface area contributed by atoms with Crippen molar-refractivity contribution in [3.63, 3.8) is 0 Å². The van der Waals surface area contributed by atoms with Crippen LogP contribution in [0.3, 0.4) is 0 Å². The van der Waals surface area contributed by atoms with E-state index in [0.717, 1.165) is 0 Å². The monoisotopic (exact) mass is 286 g/mol. The third-order valence-corrected chi connectivity index (χ3v) is 7.90. The quantitative estimate of drug-likeness (QED) is 0.373. The Bertz CT molecular complexity index is 360. The van der Waals surface area contributed by atoms with Crippen LogP contribution in [-0.4, -0.2) is 38.2 Å². The average molecular weight is 286 g/mol. The zero-order chi connectivity index (χ0) is 15.3. The minimum atomic E-state index is -1.95. The number of aliphatic hydroxyl groups is 1. The van der Waals surface area contributed by atoms with Crippen LogP contribution in [0, 0.1) is 11.8 Å². The summed E-state index contributed by atoms with van der Waals surface area (Å²) in [4.78, 5) is 11.1. The Morgan fingerprint density at radius 3 is 2.32 bits per heavy atom. The molecule has 0 aliphatic heterocycles. The fourth-order valence-electron chi connectivity index (χ4n) is 1.12. The molecular weight excluding hydrogens is 260 g/mol. The van der Waals surface area contributed by atoms with Crippen molar-refractivity contribution in [3.8, 4) is 11.8 Å². The molecule has 0 aromatic heterocycles. The molecule has 0 saturated heterocycles. The molecule has 0 aliphatic rings. The number of rotatable bonds is 4. The van der Waals surface area contributed by atoms with Gasteiger partial charge in [-0.1, -0.05) is 26.7 Å². The number of carbonyl (C=O) groups is 1. The van der Waals surface area contributed by atoms with E-state index in [2.05, 4.69) is 50.4 Å². The van der Waals surface area contributed by atoms with Crippen molar-refractivity contribution in [2.24, 2.45) is 0 Å². The van der Waals surface area contributed by atoms with Gasteiger partial charge in [-0.2, -0.15) is 0 Å². The molecule has 0 bridgehead atoms. The summed E-state index contributed by atoms with van der Waals surface area (Å²) in [5.74, 6) is 4.11. The van der Waals surface area contributed by atoms with E-state index in [1.165, 1.54) is 0 Å². The second kappa shape index (κ2) is 7.08. The van der Waals surface area contributed by atoms with Crippen molar-refractivity contribution < 1.29 is 19.1 Å². The van der Waals surface area contributed by atoms with Gasteiger partial charge >= 0.3 is 5.97 Å². The summed E-state index contributed by atoms with van der Waals surface area (Å²) in [6.45, 7) is 14.3. The van der Waals surface area contributed by atoms with Crippen molar-refractivity contribution >= 4 is 14.3 Å². The van der Waals surface area contributed by atoms with Crippen LogP contribution in [0.15, 0.2) is 0 Å². The smallest absolute Gasteiger partial charge is 0.384 e. The van der Waals surface area contributed by atoms with Crippen molar-refractivity contribution in [1.29, 1.82) is 0 Å². The summed E-state index contributed by atoms with van der Waals surface area (Å²) >= 11 is 0. The van der Waals surface area contributed by atoms with Gasteiger partial charge in [0.25, 0.3) is 0 Å². The molecule has 0 aliphatic carbocycles. The lowest BCUT2D eigenvalue weighted by Gasteiger charge is -2.38. The number of aliphatic hydroxyl groups excluding tert-OH is 1. The Labute approximate surface area is 117 Å². The summed E-state index contributed by atoms with van der Waals surface area (Å²) < 4.78 is 10.7. The molecule has 110 valence electrons. The predicted molar refractivity (Wildman–Crippen MR) is 78.2 cm³/mol. The third-order valence-electron chi connectivity index (χ3n) is 3.33. The van der Waals surface area contributed by atoms with E-state index in [0.29, 0.717) is 0 Å². The standard InChI is InChI=1S/C14H26O4Si/c1-8-17-13(16)10-9-12(15)11(2)18-19(6,7)14(3,4)5/h11-12,15H,8H2,1-7H3/t11-,12+/m1/s1. The molecule has 4 nitrogen and oxygen atoms in total. The van der Waals surface area contributed by atoms with E-state index in [1.807, 2.05) is 0 Å². The third kappa shape index (κ3) is 6.23. The van der Waals surface area contributed by atoms with Crippen LogP contribution in [0.25, 0.3) is 0 Å². The van der Waals surface area contributed by atoms with Crippen molar-refractivity contribution in [2.45, 2.75) is 65.0 Å². The summed E-state index contributed by atoms with van der Waals surface area (Å²) in [6.07, 6.45) is -1.42. The largest absolute Gasteiger partial charge is 0.456 e. The molecule has 0 amide bonds. The molecular formula is C14H26O4Si. The second-order valence-corrected chi connectivity index (χ2v) is 10.8. The molecule has 0 fully saturated rings. The van der Waals surface area contributed by atoms with Gasteiger partial charge in [-0.25, -0.2) is 4.79 Å². The van der Waals surface area contributed by atoms with Crippen molar-refractivity contribution in [3.05, 3.63) is 0 Å². The number of hydrogen-bond donors (Lipinski definition) is 1. The van der Waals surface area contributed by atoms with Crippen molar-refractivity contribution in [1.82, 2.24) is 0 Å². The first-order valence-electron chi connectivity index (χ1n) is 6.55. The highest BCUT2D eigenvalue weighted by atomic mass is 28.4. The first kappa shape index (κ1) is 18.2. The molecule has 0 spiro atoms. The van der Waals surface area contributed by atoms with Crippen LogP contribution in [0.5, 0.6) is 0 Å². The lowest BCUT2D eigenvalue weighted by atomic mass is 10.2. The van der Waals surface area contributed by atoms with Gasteiger partial charge in [0, 0.05) is 5.92 Å². The first-order valence-corrected chi connectivity index (χ1v) is 9.46. The lowest BCUT2D eigenvalue weighted by Crippen LogP contribution is -2.45. The number of hydrogen-bond acceptors (Lipinski definition) is 4. The molecule has 0 heterocycles. The average Bonchev–Trinajstić information content (AvgIpc) is 2.24. The van der Waals surface area contributed by atoms with E-state index in [-0.39, 0.29) is 11.6 Å². The fourth-order valence-corrected chi connectivity index (χ4v) is 2.54. The molecule has 0 saturated carbocycles. The normalized spacial score (nSPS) is 15.2. The van der Waals surface area contributed by atoms with Crippen LogP contribution in [-0.2, 0) is 14.0 Å². The van der Waals surface area contributed by atoms with Crippen LogP contribution >= 0.6 is 0 Å². The fraction of sp³-hybridized carbons (Fsp3) is 0.786. The predicted octanol–water partition coefficient (Wildman–Crippen LogP) is 2.32. The first-order chi connectivity index (χ1) is 8.51.